The van der Waals surface area contributed by atoms with Crippen LogP contribution in [0.15, 0.2) is 28.8 Å². The zero-order chi connectivity index (χ0) is 21.9. The Bertz CT molecular complexity index is 969. The molecule has 0 aliphatic heterocycles. The summed E-state index contributed by atoms with van der Waals surface area (Å²) in [4.78, 5) is 16.6. The van der Waals surface area contributed by atoms with Crippen molar-refractivity contribution < 1.29 is 17.7 Å². The molecule has 0 saturated heterocycles. The Kier molecular flexibility index (Phi) is 6.62. The number of anilines is 1. The second-order valence-electron chi connectivity index (χ2n) is 9.13. The first-order chi connectivity index (χ1) is 14.0. The van der Waals surface area contributed by atoms with Crippen LogP contribution in [0.1, 0.15) is 59.3 Å². The Labute approximate surface area is 177 Å². The van der Waals surface area contributed by atoms with Crippen molar-refractivity contribution in [2.45, 2.75) is 64.8 Å². The number of carbonyl (C=O) groups is 1. The van der Waals surface area contributed by atoms with Crippen molar-refractivity contribution >= 4 is 21.6 Å². The normalized spacial score (nSPS) is 20.1. The molecule has 0 radical (unpaired) electrons. The van der Waals surface area contributed by atoms with E-state index in [0.29, 0.717) is 23.3 Å². The molecule has 1 amide bonds. The summed E-state index contributed by atoms with van der Waals surface area (Å²) >= 11 is 0. The van der Waals surface area contributed by atoms with E-state index >= 15 is 0 Å². The fourth-order valence-electron chi connectivity index (χ4n) is 3.39. The van der Waals surface area contributed by atoms with Crippen LogP contribution in [0.2, 0.25) is 0 Å². The standard InChI is InChI=1S/C21H30N4O4S/c1-14-5-9-17(10-6-14)25-30(27,28)13-18(26)22-16-11-7-15(8-12-16)19-23-20(29-24-19)21(2,3)4/h7-8,11-12,14,17,25H,5-6,9-10,13H2,1-4H3,(H,22,26). The predicted molar refractivity (Wildman–Crippen MR) is 115 cm³/mol. The van der Waals surface area contributed by atoms with Crippen LogP contribution in [0.4, 0.5) is 5.69 Å². The first kappa shape index (κ1) is 22.4. The molecule has 1 aromatic carbocycles. The van der Waals surface area contributed by atoms with Gasteiger partial charge in [-0.25, -0.2) is 13.1 Å². The highest BCUT2D eigenvalue weighted by molar-refractivity contribution is 7.90. The number of nitrogens with one attached hydrogen (secondary N) is 2. The Morgan fingerprint density at radius 2 is 1.77 bits per heavy atom. The molecule has 0 spiro atoms. The minimum absolute atomic E-state index is 0.0776. The third-order valence-corrected chi connectivity index (χ3v) is 6.51. The smallest absolute Gasteiger partial charge is 0.240 e. The van der Waals surface area contributed by atoms with E-state index in [-0.39, 0.29) is 11.5 Å². The molecule has 164 valence electrons. The molecule has 1 saturated carbocycles. The molecule has 1 aliphatic rings. The molecule has 0 bridgehead atoms. The SMILES string of the molecule is CC1CCC(NS(=O)(=O)CC(=O)Nc2ccc(-c3noc(C(C)(C)C)n3)cc2)CC1. The molecule has 2 aromatic rings. The quantitative estimate of drug-likeness (QED) is 0.719. The van der Waals surface area contributed by atoms with Gasteiger partial charge in [-0.05, 0) is 55.9 Å². The van der Waals surface area contributed by atoms with Crippen LogP contribution in [-0.4, -0.2) is 36.3 Å². The molecule has 2 N–H and O–H groups in total. The highest BCUT2D eigenvalue weighted by atomic mass is 32.2. The highest BCUT2D eigenvalue weighted by Crippen LogP contribution is 2.25. The van der Waals surface area contributed by atoms with Gasteiger partial charge in [0.25, 0.3) is 0 Å². The van der Waals surface area contributed by atoms with Crippen LogP contribution in [0.25, 0.3) is 11.4 Å². The van der Waals surface area contributed by atoms with E-state index in [4.69, 9.17) is 4.52 Å². The van der Waals surface area contributed by atoms with Crippen LogP contribution in [0.5, 0.6) is 0 Å². The van der Waals surface area contributed by atoms with Crippen LogP contribution in [-0.2, 0) is 20.2 Å². The average molecular weight is 435 g/mol. The summed E-state index contributed by atoms with van der Waals surface area (Å²) < 4.78 is 32.6. The molecular formula is C21H30N4O4S. The Hall–Kier alpha value is -2.26. The van der Waals surface area contributed by atoms with E-state index < -0.39 is 21.7 Å². The lowest BCUT2D eigenvalue weighted by Gasteiger charge is -2.26. The van der Waals surface area contributed by atoms with Gasteiger partial charge in [0.1, 0.15) is 5.75 Å². The first-order valence-corrected chi connectivity index (χ1v) is 11.9. The molecule has 0 atom stereocenters. The van der Waals surface area contributed by atoms with Crippen molar-refractivity contribution in [2.24, 2.45) is 5.92 Å². The Balaban J connectivity index is 1.56. The number of aromatic nitrogens is 2. The molecular weight excluding hydrogens is 404 g/mol. The molecule has 9 heteroatoms. The van der Waals surface area contributed by atoms with Crippen molar-refractivity contribution in [1.29, 1.82) is 0 Å². The lowest BCUT2D eigenvalue weighted by Crippen LogP contribution is -2.41. The summed E-state index contributed by atoms with van der Waals surface area (Å²) in [6, 6.07) is 6.80. The molecule has 1 fully saturated rings. The van der Waals surface area contributed by atoms with E-state index in [1.54, 1.807) is 24.3 Å². The summed E-state index contributed by atoms with van der Waals surface area (Å²) in [7, 11) is -3.67. The number of benzene rings is 1. The predicted octanol–water partition coefficient (Wildman–Crippen LogP) is 3.47. The molecule has 1 aromatic heterocycles. The summed E-state index contributed by atoms with van der Waals surface area (Å²) in [5.41, 5.74) is 1.01. The summed E-state index contributed by atoms with van der Waals surface area (Å²) in [6.45, 7) is 8.13. The fourth-order valence-corrected chi connectivity index (χ4v) is 4.64. The van der Waals surface area contributed by atoms with Crippen LogP contribution in [0.3, 0.4) is 0 Å². The summed E-state index contributed by atoms with van der Waals surface area (Å²) in [5.74, 6) is 0.463. The molecule has 8 nitrogen and oxygen atoms in total. The van der Waals surface area contributed by atoms with Gasteiger partial charge in [-0.15, -0.1) is 0 Å². The zero-order valence-electron chi connectivity index (χ0n) is 17.9. The monoisotopic (exact) mass is 434 g/mol. The van der Waals surface area contributed by atoms with E-state index in [1.807, 2.05) is 20.8 Å². The second kappa shape index (κ2) is 8.85. The van der Waals surface area contributed by atoms with Crippen LogP contribution >= 0.6 is 0 Å². The number of rotatable bonds is 6. The van der Waals surface area contributed by atoms with Gasteiger partial charge in [0.15, 0.2) is 0 Å². The number of amides is 1. The highest BCUT2D eigenvalue weighted by Gasteiger charge is 2.25. The van der Waals surface area contributed by atoms with Gasteiger partial charge < -0.3 is 9.84 Å². The van der Waals surface area contributed by atoms with Crippen molar-refractivity contribution in [1.82, 2.24) is 14.9 Å². The molecule has 3 rings (SSSR count). The minimum atomic E-state index is -3.67. The van der Waals surface area contributed by atoms with Crippen LogP contribution < -0.4 is 10.0 Å². The van der Waals surface area contributed by atoms with Crippen LogP contribution in [0, 0.1) is 5.92 Å². The third kappa shape index (κ3) is 6.12. The molecule has 1 heterocycles. The number of hydrogen-bond donors (Lipinski definition) is 2. The van der Waals surface area contributed by atoms with Gasteiger partial charge in [-0.3, -0.25) is 4.79 Å². The zero-order valence-corrected chi connectivity index (χ0v) is 18.8. The minimum Gasteiger partial charge on any atom is -0.338 e. The maximum Gasteiger partial charge on any atom is 0.240 e. The molecule has 1 aliphatic carbocycles. The van der Waals surface area contributed by atoms with Gasteiger partial charge in [0, 0.05) is 22.7 Å². The Morgan fingerprint density at radius 3 is 2.33 bits per heavy atom. The largest absolute Gasteiger partial charge is 0.338 e. The third-order valence-electron chi connectivity index (χ3n) is 5.18. The molecule has 30 heavy (non-hydrogen) atoms. The Morgan fingerprint density at radius 1 is 1.13 bits per heavy atom. The van der Waals surface area contributed by atoms with Gasteiger partial charge >= 0.3 is 0 Å². The van der Waals surface area contributed by atoms with E-state index in [1.165, 1.54) is 0 Å². The van der Waals surface area contributed by atoms with E-state index in [2.05, 4.69) is 27.1 Å². The summed E-state index contributed by atoms with van der Waals surface area (Å²) in [6.07, 6.45) is 3.64. The first-order valence-electron chi connectivity index (χ1n) is 10.3. The van der Waals surface area contributed by atoms with Gasteiger partial charge in [0.2, 0.25) is 27.6 Å². The number of nitrogens with zero attached hydrogens (tertiary/aromatic N) is 2. The number of carbonyl (C=O) groups excluding carboxylic acids is 1. The van der Waals surface area contributed by atoms with Gasteiger partial charge in [0.05, 0.1) is 0 Å². The van der Waals surface area contributed by atoms with Crippen molar-refractivity contribution in [3.8, 4) is 11.4 Å². The lowest BCUT2D eigenvalue weighted by atomic mass is 9.88. The number of sulfonamides is 1. The summed E-state index contributed by atoms with van der Waals surface area (Å²) in [5, 5.41) is 6.62. The topological polar surface area (TPSA) is 114 Å². The van der Waals surface area contributed by atoms with Crippen molar-refractivity contribution in [3.05, 3.63) is 30.2 Å². The van der Waals surface area contributed by atoms with E-state index in [9.17, 15) is 13.2 Å². The lowest BCUT2D eigenvalue weighted by molar-refractivity contribution is -0.113. The van der Waals surface area contributed by atoms with Crippen molar-refractivity contribution in [2.75, 3.05) is 11.1 Å². The number of hydrogen-bond acceptors (Lipinski definition) is 6. The van der Waals surface area contributed by atoms with E-state index in [0.717, 1.165) is 31.2 Å². The van der Waals surface area contributed by atoms with Gasteiger partial charge in [-0.2, -0.15) is 4.98 Å². The van der Waals surface area contributed by atoms with Crippen molar-refractivity contribution in [3.63, 3.8) is 0 Å². The maximum absolute atomic E-state index is 12.3. The maximum atomic E-state index is 12.3. The van der Waals surface area contributed by atoms with Gasteiger partial charge in [-0.1, -0.05) is 32.9 Å². The fraction of sp³-hybridized carbons (Fsp3) is 0.571. The average Bonchev–Trinajstić information content (AvgIpc) is 3.14. The molecule has 0 unspecified atom stereocenters. The second-order valence-corrected chi connectivity index (χ2v) is 10.9.